The van der Waals surface area contributed by atoms with E-state index in [1.54, 1.807) is 6.20 Å². The second kappa shape index (κ2) is 5.96. The molecule has 0 spiro atoms. The van der Waals surface area contributed by atoms with Crippen LogP contribution in [0.5, 0.6) is 0 Å². The minimum absolute atomic E-state index is 0.0121. The Kier molecular flexibility index (Phi) is 3.67. The molecule has 2 aliphatic heterocycles. The molecule has 1 saturated heterocycles. The van der Waals surface area contributed by atoms with Crippen molar-refractivity contribution in [3.05, 3.63) is 42.1 Å². The molecule has 2 N–H and O–H groups in total. The van der Waals surface area contributed by atoms with Gasteiger partial charge in [-0.1, -0.05) is 29.4 Å². The first-order valence-electron chi connectivity index (χ1n) is 7.88. The summed E-state index contributed by atoms with van der Waals surface area (Å²) in [5, 5.41) is 11.2. The zero-order chi connectivity index (χ0) is 15.6. The molecule has 1 aromatic carbocycles. The van der Waals surface area contributed by atoms with Crippen molar-refractivity contribution >= 4 is 22.5 Å². The van der Waals surface area contributed by atoms with Gasteiger partial charge in [0.25, 0.3) is 5.91 Å². The van der Waals surface area contributed by atoms with Crippen molar-refractivity contribution in [3.8, 4) is 0 Å². The van der Waals surface area contributed by atoms with Crippen molar-refractivity contribution in [2.24, 2.45) is 11.1 Å². The Bertz CT molecular complexity index is 769. The van der Waals surface area contributed by atoms with E-state index in [4.69, 9.17) is 4.84 Å². The first-order chi connectivity index (χ1) is 11.3. The molecule has 2 aliphatic rings. The number of carbonyl (C=O) groups excluding carboxylic acids is 1. The van der Waals surface area contributed by atoms with Gasteiger partial charge in [0, 0.05) is 31.2 Å². The van der Waals surface area contributed by atoms with Crippen LogP contribution in [0, 0.1) is 5.92 Å². The maximum atomic E-state index is 12.3. The Morgan fingerprint density at radius 3 is 3.17 bits per heavy atom. The minimum atomic E-state index is -0.130. The Labute approximate surface area is 133 Å². The number of amides is 1. The average Bonchev–Trinajstić information content (AvgIpc) is 3.18. The summed E-state index contributed by atoms with van der Waals surface area (Å²) in [5.41, 5.74) is 2.63. The highest BCUT2D eigenvalue weighted by atomic mass is 16.6. The normalized spacial score (nSPS) is 22.5. The molecule has 0 aliphatic carbocycles. The molecule has 2 aromatic rings. The lowest BCUT2D eigenvalue weighted by molar-refractivity contribution is -0.115. The number of fused-ring (bicyclic) bond motifs is 2. The molecule has 0 unspecified atom stereocenters. The molecule has 118 valence electrons. The molecule has 0 radical (unpaired) electrons. The van der Waals surface area contributed by atoms with Gasteiger partial charge in [0.05, 0.1) is 11.4 Å². The highest BCUT2D eigenvalue weighted by Gasteiger charge is 2.41. The average molecular weight is 310 g/mol. The lowest BCUT2D eigenvalue weighted by atomic mass is 10.0. The Morgan fingerprint density at radius 2 is 2.22 bits per heavy atom. The summed E-state index contributed by atoms with van der Waals surface area (Å²) in [6, 6.07) is 10.1. The summed E-state index contributed by atoms with van der Waals surface area (Å²) in [6.07, 6.45) is 2.54. The first kappa shape index (κ1) is 14.1. The highest BCUT2D eigenvalue weighted by molar-refractivity contribution is 6.40. The van der Waals surface area contributed by atoms with Crippen molar-refractivity contribution in [3.63, 3.8) is 0 Å². The molecule has 0 bridgehead atoms. The fourth-order valence-corrected chi connectivity index (χ4v) is 3.21. The second-order valence-electron chi connectivity index (χ2n) is 5.88. The maximum Gasteiger partial charge on any atom is 0.269 e. The van der Waals surface area contributed by atoms with Crippen LogP contribution in [0.2, 0.25) is 0 Å². The smallest absolute Gasteiger partial charge is 0.269 e. The van der Waals surface area contributed by atoms with Crippen LogP contribution in [-0.4, -0.2) is 42.3 Å². The minimum Gasteiger partial charge on any atom is -0.390 e. The lowest BCUT2D eigenvalue weighted by Crippen LogP contribution is -2.37. The van der Waals surface area contributed by atoms with E-state index < -0.39 is 0 Å². The largest absolute Gasteiger partial charge is 0.390 e. The van der Waals surface area contributed by atoms with E-state index in [0.717, 1.165) is 36.0 Å². The van der Waals surface area contributed by atoms with Crippen LogP contribution in [0.3, 0.4) is 0 Å². The third-order valence-electron chi connectivity index (χ3n) is 4.43. The highest BCUT2D eigenvalue weighted by Crippen LogP contribution is 2.22. The number of rotatable bonds is 4. The van der Waals surface area contributed by atoms with Gasteiger partial charge in [-0.25, -0.2) is 0 Å². The van der Waals surface area contributed by atoms with Crippen LogP contribution in [0.1, 0.15) is 5.56 Å². The van der Waals surface area contributed by atoms with Gasteiger partial charge in [-0.05, 0) is 18.1 Å². The van der Waals surface area contributed by atoms with Gasteiger partial charge in [-0.3, -0.25) is 9.78 Å². The number of aromatic nitrogens is 1. The molecule has 1 aromatic heterocycles. The predicted molar refractivity (Wildman–Crippen MR) is 87.1 cm³/mol. The third-order valence-corrected chi connectivity index (χ3v) is 4.43. The number of hydrogen-bond acceptors (Lipinski definition) is 5. The summed E-state index contributed by atoms with van der Waals surface area (Å²) >= 11 is 0. The first-order valence-corrected chi connectivity index (χ1v) is 7.88. The maximum absolute atomic E-state index is 12.3. The zero-order valence-corrected chi connectivity index (χ0v) is 12.7. The molecular formula is C17H18N4O2. The van der Waals surface area contributed by atoms with Crippen molar-refractivity contribution in [2.75, 3.05) is 19.6 Å². The molecule has 4 rings (SSSR count). The van der Waals surface area contributed by atoms with Gasteiger partial charge < -0.3 is 15.5 Å². The van der Waals surface area contributed by atoms with E-state index >= 15 is 0 Å². The van der Waals surface area contributed by atoms with E-state index in [0.29, 0.717) is 12.3 Å². The molecule has 0 saturated carbocycles. The summed E-state index contributed by atoms with van der Waals surface area (Å²) in [4.78, 5) is 22.0. The molecular weight excluding hydrogens is 292 g/mol. The van der Waals surface area contributed by atoms with Crippen LogP contribution in [0.15, 0.2) is 41.7 Å². The van der Waals surface area contributed by atoms with Crippen LogP contribution in [0.4, 0.5) is 0 Å². The Balaban J connectivity index is 1.39. The number of nitrogens with zero attached hydrogens (tertiary/aromatic N) is 2. The fourth-order valence-electron chi connectivity index (χ4n) is 3.21. The van der Waals surface area contributed by atoms with E-state index in [1.807, 2.05) is 24.3 Å². The van der Waals surface area contributed by atoms with E-state index in [2.05, 4.69) is 26.8 Å². The number of para-hydroxylation sites is 1. The van der Waals surface area contributed by atoms with Gasteiger partial charge in [-0.2, -0.15) is 0 Å². The van der Waals surface area contributed by atoms with Gasteiger partial charge >= 0.3 is 0 Å². The van der Waals surface area contributed by atoms with Gasteiger partial charge in [0.2, 0.25) is 0 Å². The van der Waals surface area contributed by atoms with Crippen molar-refractivity contribution in [2.45, 2.75) is 12.5 Å². The number of benzene rings is 1. The van der Waals surface area contributed by atoms with Crippen molar-refractivity contribution < 1.29 is 9.63 Å². The quantitative estimate of drug-likeness (QED) is 0.878. The predicted octanol–water partition coefficient (Wildman–Crippen LogP) is 0.868. The molecule has 6 heteroatoms. The standard InChI is InChI=1S/C17H18N4O2/c22-17(16-13-9-18-10-14(13)23-21-16)20-8-6-12-4-1-3-11-5-2-7-19-15(11)12/h1-5,7,13-14,18H,6,8-10H2,(H,20,22)/t13-,14+/m0/s1. The van der Waals surface area contributed by atoms with Crippen LogP contribution < -0.4 is 10.6 Å². The Hall–Kier alpha value is -2.47. The summed E-state index contributed by atoms with van der Waals surface area (Å²) < 4.78 is 0. The van der Waals surface area contributed by atoms with Gasteiger partial charge in [-0.15, -0.1) is 0 Å². The van der Waals surface area contributed by atoms with Crippen LogP contribution in [0.25, 0.3) is 10.9 Å². The van der Waals surface area contributed by atoms with Gasteiger partial charge in [0.15, 0.2) is 5.71 Å². The monoisotopic (exact) mass is 310 g/mol. The molecule has 6 nitrogen and oxygen atoms in total. The number of pyridine rings is 1. The van der Waals surface area contributed by atoms with Crippen LogP contribution in [-0.2, 0) is 16.1 Å². The van der Waals surface area contributed by atoms with Gasteiger partial charge in [0.1, 0.15) is 6.10 Å². The zero-order valence-electron chi connectivity index (χ0n) is 12.7. The van der Waals surface area contributed by atoms with Crippen molar-refractivity contribution in [1.82, 2.24) is 15.6 Å². The summed E-state index contributed by atoms with van der Waals surface area (Å²) in [6.45, 7) is 2.06. The Morgan fingerprint density at radius 1 is 1.30 bits per heavy atom. The second-order valence-corrected chi connectivity index (χ2v) is 5.88. The molecule has 3 heterocycles. The fraction of sp³-hybridized carbons (Fsp3) is 0.353. The number of carbonyl (C=O) groups is 1. The van der Waals surface area contributed by atoms with Crippen molar-refractivity contribution in [1.29, 1.82) is 0 Å². The number of hydrogen-bond donors (Lipinski definition) is 2. The molecule has 23 heavy (non-hydrogen) atoms. The van der Waals surface area contributed by atoms with Crippen LogP contribution >= 0.6 is 0 Å². The third kappa shape index (κ3) is 2.66. The number of oxime groups is 1. The molecule has 1 fully saturated rings. The molecule has 2 atom stereocenters. The SMILES string of the molecule is O=C(NCCc1cccc2cccnc12)C1=NO[C@@H]2CNC[C@H]12. The summed E-state index contributed by atoms with van der Waals surface area (Å²) in [5.74, 6) is -0.0522. The summed E-state index contributed by atoms with van der Waals surface area (Å²) in [7, 11) is 0. The lowest BCUT2D eigenvalue weighted by Gasteiger charge is -2.09. The van der Waals surface area contributed by atoms with E-state index in [-0.39, 0.29) is 17.9 Å². The number of nitrogens with one attached hydrogen (secondary N) is 2. The topological polar surface area (TPSA) is 75.6 Å². The molecule has 1 amide bonds. The van der Waals surface area contributed by atoms with E-state index in [9.17, 15) is 4.79 Å². The van der Waals surface area contributed by atoms with E-state index in [1.165, 1.54) is 0 Å².